The van der Waals surface area contributed by atoms with Crippen molar-refractivity contribution in [1.29, 1.82) is 0 Å². The Bertz CT molecular complexity index is 614. The van der Waals surface area contributed by atoms with E-state index in [0.29, 0.717) is 18.7 Å². The summed E-state index contributed by atoms with van der Waals surface area (Å²) in [5, 5.41) is 10.4. The van der Waals surface area contributed by atoms with Crippen LogP contribution in [0.1, 0.15) is 22.0 Å². The number of amides is 1. The molecule has 0 bridgehead atoms. The monoisotopic (exact) mass is 348 g/mol. The Morgan fingerprint density at radius 3 is 2.79 bits per heavy atom. The molecule has 2 aromatic heterocycles. The van der Waals surface area contributed by atoms with Gasteiger partial charge in [-0.2, -0.15) is 11.3 Å². The summed E-state index contributed by atoms with van der Waals surface area (Å²) < 4.78 is 4.91. The largest absolute Gasteiger partial charge is 0.383 e. The summed E-state index contributed by atoms with van der Waals surface area (Å²) in [6.45, 7) is 1.73. The van der Waals surface area contributed by atoms with Gasteiger partial charge in [-0.3, -0.25) is 4.79 Å². The van der Waals surface area contributed by atoms with Gasteiger partial charge in [0.15, 0.2) is 0 Å². The minimum atomic E-state index is -0.143. The molecule has 2 N–H and O–H groups in total. The number of nitrogens with one attached hydrogen (secondary N) is 2. The summed E-state index contributed by atoms with van der Waals surface area (Å²) in [6, 6.07) is 6.01. The molecule has 6 nitrogen and oxygen atoms in total. The molecule has 0 aromatic carbocycles. The first-order valence-electron chi connectivity index (χ1n) is 7.77. The van der Waals surface area contributed by atoms with Crippen LogP contribution in [0.25, 0.3) is 0 Å². The van der Waals surface area contributed by atoms with Crippen molar-refractivity contribution in [2.75, 3.05) is 46.2 Å². The van der Waals surface area contributed by atoms with E-state index in [4.69, 9.17) is 4.74 Å². The van der Waals surface area contributed by atoms with E-state index < -0.39 is 0 Å². The number of carbonyl (C=O) groups excluding carboxylic acids is 1. The van der Waals surface area contributed by atoms with Crippen LogP contribution in [0.4, 0.5) is 5.82 Å². The average molecular weight is 348 g/mol. The molecule has 0 aliphatic heterocycles. The van der Waals surface area contributed by atoms with Crippen LogP contribution in [-0.2, 0) is 4.74 Å². The summed E-state index contributed by atoms with van der Waals surface area (Å²) >= 11 is 1.70. The molecule has 0 spiro atoms. The number of thiophene rings is 1. The number of pyridine rings is 1. The Morgan fingerprint density at radius 1 is 1.38 bits per heavy atom. The van der Waals surface area contributed by atoms with Gasteiger partial charge in [0, 0.05) is 26.4 Å². The predicted octanol–water partition coefficient (Wildman–Crippen LogP) is 2.23. The molecule has 0 unspecified atom stereocenters. The Kier molecular flexibility index (Phi) is 7.17. The van der Waals surface area contributed by atoms with Gasteiger partial charge in [-0.05, 0) is 48.6 Å². The zero-order chi connectivity index (χ0) is 17.4. The van der Waals surface area contributed by atoms with Crippen molar-refractivity contribution in [2.24, 2.45) is 0 Å². The molecule has 2 rings (SSSR count). The van der Waals surface area contributed by atoms with E-state index in [1.54, 1.807) is 30.7 Å². The highest BCUT2D eigenvalue weighted by Crippen LogP contribution is 2.21. The third kappa shape index (κ3) is 5.30. The molecule has 0 aliphatic rings. The number of hydrogen-bond donors (Lipinski definition) is 2. The molecule has 0 aliphatic carbocycles. The molecule has 1 atom stereocenters. The second-order valence-corrected chi connectivity index (χ2v) is 6.38. The van der Waals surface area contributed by atoms with E-state index in [0.717, 1.165) is 12.4 Å². The lowest BCUT2D eigenvalue weighted by Gasteiger charge is -2.24. The van der Waals surface area contributed by atoms with E-state index in [-0.39, 0.29) is 11.9 Å². The highest BCUT2D eigenvalue weighted by molar-refractivity contribution is 7.07. The van der Waals surface area contributed by atoms with Gasteiger partial charge in [-0.25, -0.2) is 4.98 Å². The van der Waals surface area contributed by atoms with Crippen molar-refractivity contribution in [3.63, 3.8) is 0 Å². The molecule has 0 fully saturated rings. The van der Waals surface area contributed by atoms with Gasteiger partial charge in [-0.1, -0.05) is 0 Å². The van der Waals surface area contributed by atoms with Crippen molar-refractivity contribution in [3.8, 4) is 0 Å². The topological polar surface area (TPSA) is 66.5 Å². The molecule has 2 aromatic rings. The standard InChI is InChI=1S/C17H24N4O2S/c1-21(2)15(14-6-9-24-12-14)11-20-16-5-4-13(10-19-16)17(22)18-7-8-23-3/h4-6,9-10,12,15H,7-8,11H2,1-3H3,(H,18,22)(H,19,20)/t15-/m1/s1. The van der Waals surface area contributed by atoms with Crippen molar-refractivity contribution < 1.29 is 9.53 Å². The van der Waals surface area contributed by atoms with Gasteiger partial charge >= 0.3 is 0 Å². The number of likely N-dealkylation sites (N-methyl/N-ethyl adjacent to an activating group) is 1. The normalized spacial score (nSPS) is 12.2. The highest BCUT2D eigenvalue weighted by Gasteiger charge is 2.14. The molecule has 24 heavy (non-hydrogen) atoms. The van der Waals surface area contributed by atoms with Gasteiger partial charge in [-0.15, -0.1) is 0 Å². The van der Waals surface area contributed by atoms with Crippen molar-refractivity contribution in [3.05, 3.63) is 46.3 Å². The quantitative estimate of drug-likeness (QED) is 0.680. The van der Waals surface area contributed by atoms with Gasteiger partial charge < -0.3 is 20.3 Å². The van der Waals surface area contributed by atoms with Crippen LogP contribution < -0.4 is 10.6 Å². The maximum atomic E-state index is 11.9. The minimum absolute atomic E-state index is 0.143. The van der Waals surface area contributed by atoms with E-state index >= 15 is 0 Å². The van der Waals surface area contributed by atoms with Crippen LogP contribution in [0.15, 0.2) is 35.2 Å². The summed E-state index contributed by atoms with van der Waals surface area (Å²) in [7, 11) is 5.72. The maximum Gasteiger partial charge on any atom is 0.252 e. The first-order valence-corrected chi connectivity index (χ1v) is 8.71. The number of carbonyl (C=O) groups is 1. The van der Waals surface area contributed by atoms with Gasteiger partial charge in [0.25, 0.3) is 5.91 Å². The summed E-state index contributed by atoms with van der Waals surface area (Å²) in [5.41, 5.74) is 1.82. The van der Waals surface area contributed by atoms with Crippen LogP contribution >= 0.6 is 11.3 Å². The fraction of sp³-hybridized carbons (Fsp3) is 0.412. The van der Waals surface area contributed by atoms with Gasteiger partial charge in [0.05, 0.1) is 18.2 Å². The minimum Gasteiger partial charge on any atom is -0.383 e. The van der Waals surface area contributed by atoms with Crippen LogP contribution in [0.3, 0.4) is 0 Å². The van der Waals surface area contributed by atoms with Gasteiger partial charge in [0.1, 0.15) is 5.82 Å². The number of aromatic nitrogens is 1. The van der Waals surface area contributed by atoms with E-state index in [2.05, 4.69) is 51.4 Å². The number of anilines is 1. The fourth-order valence-corrected chi connectivity index (χ4v) is 2.97. The van der Waals surface area contributed by atoms with Gasteiger partial charge in [0.2, 0.25) is 0 Å². The zero-order valence-electron chi connectivity index (χ0n) is 14.3. The molecule has 0 saturated carbocycles. The molecule has 1 amide bonds. The molecule has 7 heteroatoms. The Hall–Kier alpha value is -1.96. The van der Waals surface area contributed by atoms with Crippen LogP contribution in [0.2, 0.25) is 0 Å². The summed E-state index contributed by atoms with van der Waals surface area (Å²) in [4.78, 5) is 18.4. The molecule has 130 valence electrons. The smallest absolute Gasteiger partial charge is 0.252 e. The molecular formula is C17H24N4O2S. The SMILES string of the molecule is COCCNC(=O)c1ccc(NC[C@H](c2ccsc2)N(C)C)nc1. The summed E-state index contributed by atoms with van der Waals surface area (Å²) in [6.07, 6.45) is 1.58. The molecule has 0 radical (unpaired) electrons. The molecular weight excluding hydrogens is 324 g/mol. The number of ether oxygens (including phenoxy) is 1. The average Bonchev–Trinajstić information content (AvgIpc) is 3.09. The van der Waals surface area contributed by atoms with Crippen LogP contribution in [0.5, 0.6) is 0 Å². The number of methoxy groups -OCH3 is 1. The van der Waals surface area contributed by atoms with Crippen LogP contribution in [0, 0.1) is 0 Å². The lowest BCUT2D eigenvalue weighted by molar-refractivity contribution is 0.0937. The van der Waals surface area contributed by atoms with Crippen LogP contribution in [-0.4, -0.2) is 56.7 Å². The predicted molar refractivity (Wildman–Crippen MR) is 97.7 cm³/mol. The third-order valence-corrected chi connectivity index (χ3v) is 4.35. The van der Waals surface area contributed by atoms with Crippen molar-refractivity contribution >= 4 is 23.1 Å². The lowest BCUT2D eigenvalue weighted by Crippen LogP contribution is -2.27. The number of nitrogens with zero attached hydrogens (tertiary/aromatic N) is 2. The summed E-state index contributed by atoms with van der Waals surface area (Å²) in [5.74, 6) is 0.612. The first-order chi connectivity index (χ1) is 11.6. The fourth-order valence-electron chi connectivity index (χ4n) is 2.27. The Labute approximate surface area is 146 Å². The van der Waals surface area contributed by atoms with E-state index in [1.165, 1.54) is 5.56 Å². The molecule has 2 heterocycles. The Morgan fingerprint density at radius 2 is 2.21 bits per heavy atom. The van der Waals surface area contributed by atoms with Crippen molar-refractivity contribution in [2.45, 2.75) is 6.04 Å². The first kappa shape index (κ1) is 18.4. The second kappa shape index (κ2) is 9.36. The van der Waals surface area contributed by atoms with E-state index in [1.807, 2.05) is 6.07 Å². The third-order valence-electron chi connectivity index (χ3n) is 3.65. The maximum absolute atomic E-state index is 11.9. The van der Waals surface area contributed by atoms with Crippen molar-refractivity contribution in [1.82, 2.24) is 15.2 Å². The zero-order valence-corrected chi connectivity index (χ0v) is 15.1. The van der Waals surface area contributed by atoms with E-state index in [9.17, 15) is 4.79 Å². The number of hydrogen-bond acceptors (Lipinski definition) is 6. The highest BCUT2D eigenvalue weighted by atomic mass is 32.1. The lowest BCUT2D eigenvalue weighted by atomic mass is 10.1. The second-order valence-electron chi connectivity index (χ2n) is 5.60. The molecule has 0 saturated heterocycles. The number of rotatable bonds is 9. The Balaban J connectivity index is 1.90.